The third kappa shape index (κ3) is 2.74. The van der Waals surface area contributed by atoms with Crippen molar-refractivity contribution in [3.63, 3.8) is 0 Å². The van der Waals surface area contributed by atoms with E-state index in [4.69, 9.17) is 4.74 Å². The number of fused-ring (bicyclic) bond motifs is 1. The topological polar surface area (TPSA) is 66.9 Å². The number of carbonyl (C=O) groups excluding carboxylic acids is 1. The van der Waals surface area contributed by atoms with Gasteiger partial charge in [0.05, 0.1) is 18.1 Å². The highest BCUT2D eigenvalue weighted by molar-refractivity contribution is 7.89. The van der Waals surface area contributed by atoms with Gasteiger partial charge in [0.15, 0.2) is 0 Å². The number of hydrogen-bond donors (Lipinski definition) is 0. The van der Waals surface area contributed by atoms with Crippen LogP contribution in [-0.2, 0) is 32.8 Å². The van der Waals surface area contributed by atoms with Gasteiger partial charge in [-0.3, -0.25) is 4.79 Å². The molecule has 3 aliphatic heterocycles. The summed E-state index contributed by atoms with van der Waals surface area (Å²) in [5.41, 5.74) is 2.02. The van der Waals surface area contributed by atoms with Gasteiger partial charge in [-0.25, -0.2) is 8.42 Å². The van der Waals surface area contributed by atoms with Crippen LogP contribution in [-0.4, -0.2) is 49.2 Å². The van der Waals surface area contributed by atoms with Crippen molar-refractivity contribution in [1.82, 2.24) is 9.21 Å². The largest absolute Gasteiger partial charge is 0.372 e. The molecule has 6 nitrogen and oxygen atoms in total. The molecule has 0 aromatic heterocycles. The molecule has 0 spiro atoms. The average Bonchev–Trinajstić information content (AvgIpc) is 3.22. The lowest BCUT2D eigenvalue weighted by atomic mass is 10.1. The van der Waals surface area contributed by atoms with Crippen molar-refractivity contribution in [2.24, 2.45) is 0 Å². The molecule has 3 heterocycles. The van der Waals surface area contributed by atoms with Crippen molar-refractivity contribution in [2.75, 3.05) is 19.6 Å². The van der Waals surface area contributed by atoms with E-state index in [2.05, 4.69) is 0 Å². The first-order chi connectivity index (χ1) is 11.6. The quantitative estimate of drug-likeness (QED) is 0.828. The Kier molecular flexibility index (Phi) is 4.10. The Morgan fingerprint density at radius 1 is 1.08 bits per heavy atom. The summed E-state index contributed by atoms with van der Waals surface area (Å²) in [6.07, 6.45) is 3.15. The maximum atomic E-state index is 13.0. The van der Waals surface area contributed by atoms with E-state index in [0.29, 0.717) is 37.6 Å². The molecule has 3 aliphatic rings. The molecule has 1 aromatic rings. The normalized spacial score (nSPS) is 25.2. The molecule has 0 N–H and O–H groups in total. The van der Waals surface area contributed by atoms with E-state index in [9.17, 15) is 13.2 Å². The zero-order valence-electron chi connectivity index (χ0n) is 13.6. The zero-order valence-corrected chi connectivity index (χ0v) is 14.4. The fourth-order valence-electron chi connectivity index (χ4n) is 3.91. The van der Waals surface area contributed by atoms with E-state index in [0.717, 1.165) is 36.9 Å². The van der Waals surface area contributed by atoms with Gasteiger partial charge >= 0.3 is 0 Å². The van der Waals surface area contributed by atoms with E-state index in [1.165, 1.54) is 0 Å². The van der Waals surface area contributed by atoms with Crippen LogP contribution in [0.25, 0.3) is 0 Å². The van der Waals surface area contributed by atoms with E-state index >= 15 is 0 Å². The summed E-state index contributed by atoms with van der Waals surface area (Å²) in [4.78, 5) is 14.2. The molecular formula is C17H22N2O4S. The smallest absolute Gasteiger partial charge is 0.243 e. The maximum absolute atomic E-state index is 13.0. The molecule has 2 saturated heterocycles. The zero-order chi connectivity index (χ0) is 16.7. The van der Waals surface area contributed by atoms with Crippen molar-refractivity contribution in [2.45, 2.75) is 49.8 Å². The van der Waals surface area contributed by atoms with Gasteiger partial charge in [0.1, 0.15) is 0 Å². The van der Waals surface area contributed by atoms with Crippen LogP contribution in [0.1, 0.15) is 36.8 Å². The SMILES string of the molecule is O=C1CCCN1C1CCCN(S(=O)(=O)c2ccc3c(c2)COC3)C1. The molecule has 24 heavy (non-hydrogen) atoms. The molecule has 1 amide bonds. The minimum atomic E-state index is -3.52. The third-order valence-electron chi connectivity index (χ3n) is 5.24. The number of carbonyl (C=O) groups is 1. The van der Waals surface area contributed by atoms with Crippen LogP contribution < -0.4 is 0 Å². The Balaban J connectivity index is 1.56. The number of hydrogen-bond acceptors (Lipinski definition) is 4. The number of amides is 1. The van der Waals surface area contributed by atoms with Gasteiger partial charge in [0, 0.05) is 32.1 Å². The van der Waals surface area contributed by atoms with Crippen molar-refractivity contribution in [3.05, 3.63) is 29.3 Å². The second-order valence-corrected chi connectivity index (χ2v) is 8.71. The molecule has 130 valence electrons. The minimum Gasteiger partial charge on any atom is -0.372 e. The van der Waals surface area contributed by atoms with E-state index in [1.54, 1.807) is 16.4 Å². The molecule has 4 rings (SSSR count). The van der Waals surface area contributed by atoms with E-state index in [1.807, 2.05) is 11.0 Å². The molecule has 7 heteroatoms. The van der Waals surface area contributed by atoms with Gasteiger partial charge in [-0.2, -0.15) is 4.31 Å². The summed E-state index contributed by atoms with van der Waals surface area (Å²) in [5.74, 6) is 0.161. The first-order valence-corrected chi connectivity index (χ1v) is 9.99. The van der Waals surface area contributed by atoms with Gasteiger partial charge in [0.2, 0.25) is 15.9 Å². The fraction of sp³-hybridized carbons (Fsp3) is 0.588. The van der Waals surface area contributed by atoms with Gasteiger partial charge < -0.3 is 9.64 Å². The lowest BCUT2D eigenvalue weighted by molar-refractivity contribution is -0.130. The highest BCUT2D eigenvalue weighted by Gasteiger charge is 2.36. The highest BCUT2D eigenvalue weighted by atomic mass is 32.2. The molecule has 0 aliphatic carbocycles. The predicted octanol–water partition coefficient (Wildman–Crippen LogP) is 1.49. The van der Waals surface area contributed by atoms with Crippen LogP contribution in [0.3, 0.4) is 0 Å². The first-order valence-electron chi connectivity index (χ1n) is 8.55. The van der Waals surface area contributed by atoms with E-state index < -0.39 is 10.0 Å². The van der Waals surface area contributed by atoms with Crippen molar-refractivity contribution in [3.8, 4) is 0 Å². The Bertz CT molecular complexity index is 762. The lowest BCUT2D eigenvalue weighted by Gasteiger charge is -2.36. The van der Waals surface area contributed by atoms with Crippen LogP contribution >= 0.6 is 0 Å². The summed E-state index contributed by atoms with van der Waals surface area (Å²) in [7, 11) is -3.52. The van der Waals surface area contributed by atoms with Crippen molar-refractivity contribution >= 4 is 15.9 Å². The Morgan fingerprint density at radius 2 is 1.92 bits per heavy atom. The van der Waals surface area contributed by atoms with Crippen LogP contribution in [0.15, 0.2) is 23.1 Å². The average molecular weight is 350 g/mol. The summed E-state index contributed by atoms with van der Waals surface area (Å²) < 4.78 is 32.9. The molecule has 1 unspecified atom stereocenters. The molecule has 1 aromatic carbocycles. The lowest BCUT2D eigenvalue weighted by Crippen LogP contribution is -2.50. The predicted molar refractivity (Wildman–Crippen MR) is 87.7 cm³/mol. The van der Waals surface area contributed by atoms with Gasteiger partial charge in [-0.1, -0.05) is 6.07 Å². The third-order valence-corrected chi connectivity index (χ3v) is 7.10. The summed E-state index contributed by atoms with van der Waals surface area (Å²) in [5, 5.41) is 0. The summed E-state index contributed by atoms with van der Waals surface area (Å²) in [6.45, 7) is 2.71. The number of nitrogens with zero attached hydrogens (tertiary/aromatic N) is 2. The summed E-state index contributed by atoms with van der Waals surface area (Å²) in [6, 6.07) is 5.28. The Labute approximate surface area is 142 Å². The van der Waals surface area contributed by atoms with Crippen LogP contribution in [0.5, 0.6) is 0 Å². The fourth-order valence-corrected chi connectivity index (χ4v) is 5.47. The molecule has 0 radical (unpaired) electrons. The second-order valence-electron chi connectivity index (χ2n) is 6.77. The number of likely N-dealkylation sites (tertiary alicyclic amines) is 1. The molecule has 1 atom stereocenters. The Hall–Kier alpha value is -1.44. The highest BCUT2D eigenvalue weighted by Crippen LogP contribution is 2.28. The van der Waals surface area contributed by atoms with Crippen LogP contribution in [0.2, 0.25) is 0 Å². The number of benzene rings is 1. The molecular weight excluding hydrogens is 328 g/mol. The van der Waals surface area contributed by atoms with Crippen LogP contribution in [0, 0.1) is 0 Å². The number of sulfonamides is 1. The number of ether oxygens (including phenoxy) is 1. The van der Waals surface area contributed by atoms with Crippen molar-refractivity contribution < 1.29 is 17.9 Å². The molecule has 0 bridgehead atoms. The summed E-state index contributed by atoms with van der Waals surface area (Å²) >= 11 is 0. The van der Waals surface area contributed by atoms with Crippen molar-refractivity contribution in [1.29, 1.82) is 0 Å². The monoisotopic (exact) mass is 350 g/mol. The Morgan fingerprint density at radius 3 is 2.71 bits per heavy atom. The standard InChI is InChI=1S/C17H22N2O4S/c20-17-4-2-8-19(17)15-3-1-7-18(10-15)24(21,22)16-6-5-13-11-23-12-14(13)9-16/h5-6,9,15H,1-4,7-8,10-12H2. The minimum absolute atomic E-state index is 0.0151. The van der Waals surface area contributed by atoms with Gasteiger partial charge in [-0.15, -0.1) is 0 Å². The van der Waals surface area contributed by atoms with Gasteiger partial charge in [0.25, 0.3) is 0 Å². The van der Waals surface area contributed by atoms with E-state index in [-0.39, 0.29) is 11.9 Å². The number of piperidine rings is 1. The van der Waals surface area contributed by atoms with Crippen LogP contribution in [0.4, 0.5) is 0 Å². The second kappa shape index (κ2) is 6.13. The first kappa shape index (κ1) is 16.1. The van der Waals surface area contributed by atoms with Gasteiger partial charge in [-0.05, 0) is 42.5 Å². The number of rotatable bonds is 3. The molecule has 2 fully saturated rings. The molecule has 0 saturated carbocycles. The maximum Gasteiger partial charge on any atom is 0.243 e.